The van der Waals surface area contributed by atoms with Crippen LogP contribution in [0.5, 0.6) is 0 Å². The van der Waals surface area contributed by atoms with Crippen molar-refractivity contribution >= 4 is 43.5 Å². The van der Waals surface area contributed by atoms with E-state index in [1.54, 1.807) is 12.1 Å². The summed E-state index contributed by atoms with van der Waals surface area (Å²) in [6.07, 6.45) is 0. The van der Waals surface area contributed by atoms with Crippen molar-refractivity contribution in [3.8, 4) is 44.5 Å². The van der Waals surface area contributed by atoms with Crippen LogP contribution in [0.4, 0.5) is 0 Å². The number of rotatable bonds is 4. The van der Waals surface area contributed by atoms with E-state index in [1.807, 2.05) is 72.8 Å². The maximum atomic E-state index is 9.49. The molecule has 0 aliphatic heterocycles. The molecule has 1 heteroatoms. The molecule has 0 bridgehead atoms. The molecular formula is C44H28O. The lowest BCUT2D eigenvalue weighted by Crippen LogP contribution is -1.91. The molecule has 0 aliphatic carbocycles. The van der Waals surface area contributed by atoms with Crippen LogP contribution < -0.4 is 0 Å². The summed E-state index contributed by atoms with van der Waals surface area (Å²) in [5, 5.41) is 4.19. The lowest BCUT2D eigenvalue weighted by atomic mass is 9.84. The van der Waals surface area contributed by atoms with Crippen LogP contribution in [0.2, 0.25) is 0 Å². The molecule has 0 spiro atoms. The van der Waals surface area contributed by atoms with Gasteiger partial charge in [-0.1, -0.05) is 152 Å². The third-order valence-electron chi connectivity index (χ3n) is 8.60. The van der Waals surface area contributed by atoms with Gasteiger partial charge >= 0.3 is 0 Å². The Morgan fingerprint density at radius 3 is 1.51 bits per heavy atom. The fourth-order valence-corrected chi connectivity index (χ4v) is 6.56. The predicted octanol–water partition coefficient (Wildman–Crippen LogP) is 12.6. The molecule has 0 aliphatic rings. The first-order valence-corrected chi connectivity index (χ1v) is 15.0. The number of hydrogen-bond acceptors (Lipinski definition) is 1. The predicted molar refractivity (Wildman–Crippen MR) is 190 cm³/mol. The first kappa shape index (κ1) is 20.1. The minimum absolute atomic E-state index is 0.00293. The molecule has 0 N–H and O–H groups in total. The topological polar surface area (TPSA) is 13.1 Å². The van der Waals surface area contributed by atoms with Crippen molar-refractivity contribution in [1.82, 2.24) is 0 Å². The number of furan rings is 1. The minimum atomic E-state index is -0.308. The average molecular weight is 579 g/mol. The van der Waals surface area contributed by atoms with Crippen LogP contribution >= 0.6 is 0 Å². The van der Waals surface area contributed by atoms with E-state index in [2.05, 4.69) is 48.5 Å². The molecule has 0 radical (unpaired) electrons. The molecule has 1 nitrogen and oxygen atoms in total. The van der Waals surface area contributed by atoms with Crippen LogP contribution in [-0.2, 0) is 0 Å². The normalized spacial score (nSPS) is 13.4. The van der Waals surface area contributed by atoms with E-state index in [9.17, 15) is 2.74 Å². The van der Waals surface area contributed by atoms with E-state index in [-0.39, 0.29) is 58.4 Å². The molecule has 45 heavy (non-hydrogen) atoms. The molecular weight excluding hydrogens is 544 g/mol. The maximum absolute atomic E-state index is 9.49. The second-order valence-corrected chi connectivity index (χ2v) is 11.2. The van der Waals surface area contributed by atoms with Crippen LogP contribution in [0.3, 0.4) is 0 Å². The van der Waals surface area contributed by atoms with Crippen LogP contribution in [-0.4, -0.2) is 0 Å². The summed E-state index contributed by atoms with van der Waals surface area (Å²) in [6, 6.07) is 42.8. The summed E-state index contributed by atoms with van der Waals surface area (Å²) in [5.74, 6) is 0. The van der Waals surface area contributed by atoms with Gasteiger partial charge in [0.2, 0.25) is 0 Å². The molecule has 9 rings (SSSR count). The second-order valence-electron chi connectivity index (χ2n) is 11.2. The van der Waals surface area contributed by atoms with Gasteiger partial charge < -0.3 is 4.42 Å². The van der Waals surface area contributed by atoms with Crippen molar-refractivity contribution in [2.45, 2.75) is 0 Å². The number of hydrogen-bond donors (Lipinski definition) is 0. The zero-order valence-electron chi connectivity index (χ0n) is 30.1. The summed E-state index contributed by atoms with van der Waals surface area (Å²) >= 11 is 0. The fourth-order valence-electron chi connectivity index (χ4n) is 6.56. The van der Waals surface area contributed by atoms with E-state index < -0.39 is 0 Å². The Bertz CT molecular complexity index is 2790. The van der Waals surface area contributed by atoms with Crippen molar-refractivity contribution < 1.29 is 12.6 Å². The van der Waals surface area contributed by atoms with Crippen LogP contribution in [0, 0.1) is 0 Å². The van der Waals surface area contributed by atoms with E-state index >= 15 is 0 Å². The van der Waals surface area contributed by atoms with Crippen LogP contribution in [0.25, 0.3) is 88.0 Å². The average Bonchev–Trinajstić information content (AvgIpc) is 3.58. The van der Waals surface area contributed by atoms with Crippen molar-refractivity contribution in [2.75, 3.05) is 0 Å². The van der Waals surface area contributed by atoms with Gasteiger partial charge in [-0.05, 0) is 84.2 Å². The molecule has 0 fully saturated rings. The summed E-state index contributed by atoms with van der Waals surface area (Å²) in [5.41, 5.74) is 6.30. The molecule has 0 amide bonds. The van der Waals surface area contributed by atoms with E-state index in [0.29, 0.717) is 22.1 Å². The Balaban J connectivity index is 1.42. The highest BCUT2D eigenvalue weighted by atomic mass is 16.3. The summed E-state index contributed by atoms with van der Waals surface area (Å²) in [7, 11) is 0. The Hall–Kier alpha value is -5.92. The molecule has 1 heterocycles. The molecule has 0 saturated heterocycles. The van der Waals surface area contributed by atoms with Gasteiger partial charge in [-0.15, -0.1) is 0 Å². The highest BCUT2D eigenvalue weighted by Gasteiger charge is 2.20. The van der Waals surface area contributed by atoms with Crippen molar-refractivity contribution in [1.29, 1.82) is 0 Å². The number of fused-ring (bicyclic) bond motifs is 5. The molecule has 0 unspecified atom stereocenters. The van der Waals surface area contributed by atoms with E-state index in [0.717, 1.165) is 43.8 Å². The molecule has 0 saturated carbocycles. The van der Waals surface area contributed by atoms with Gasteiger partial charge in [0.15, 0.2) is 0 Å². The van der Waals surface area contributed by atoms with Gasteiger partial charge in [0, 0.05) is 10.8 Å². The van der Waals surface area contributed by atoms with Crippen LogP contribution in [0.15, 0.2) is 174 Å². The Labute approximate surface area is 270 Å². The summed E-state index contributed by atoms with van der Waals surface area (Å²) < 4.78 is 60.9. The standard InChI is InChI=1S/C44H28O/c1-3-12-29(13-4-1)31-22-24-32(25-23-31)42-34-16-7-9-18-36(34)43(37-19-10-8-17-35(37)42)38-20-11-21-41-44(38)39-28-33(26-27-40(39)45-41)30-14-5-2-6-15-30/h1-28H/i11D,20D,21D,26D,27D,28D. The third-order valence-corrected chi connectivity index (χ3v) is 8.60. The molecule has 0 atom stereocenters. The van der Waals surface area contributed by atoms with Gasteiger partial charge in [-0.25, -0.2) is 0 Å². The molecule has 210 valence electrons. The first-order chi connectivity index (χ1) is 24.8. The van der Waals surface area contributed by atoms with Gasteiger partial charge in [0.05, 0.1) is 8.22 Å². The Morgan fingerprint density at radius 2 is 0.889 bits per heavy atom. The van der Waals surface area contributed by atoms with Gasteiger partial charge in [0.1, 0.15) is 11.2 Å². The zero-order chi connectivity index (χ0) is 35.0. The highest BCUT2D eigenvalue weighted by molar-refractivity contribution is 6.25. The Kier molecular flexibility index (Phi) is 4.63. The highest BCUT2D eigenvalue weighted by Crippen LogP contribution is 2.47. The Morgan fingerprint density at radius 1 is 0.378 bits per heavy atom. The molecule has 8 aromatic carbocycles. The minimum Gasteiger partial charge on any atom is -0.456 e. The van der Waals surface area contributed by atoms with Gasteiger partial charge in [0.25, 0.3) is 0 Å². The van der Waals surface area contributed by atoms with Crippen molar-refractivity contribution in [3.63, 3.8) is 0 Å². The smallest absolute Gasteiger partial charge is 0.136 e. The monoisotopic (exact) mass is 578 g/mol. The maximum Gasteiger partial charge on any atom is 0.136 e. The summed E-state index contributed by atoms with van der Waals surface area (Å²) in [6.45, 7) is 0. The SMILES string of the molecule is [2H]c1c(-c2ccccc2)c([2H])c2c(oc3c([2H])c([2H])c([2H])c(-c4c5ccccc5c(-c5ccc(-c6ccccc6)cc5)c5ccccc45)c32)c1[2H]. The van der Waals surface area contributed by atoms with Crippen LogP contribution in [0.1, 0.15) is 8.22 Å². The number of benzene rings is 8. The first-order valence-electron chi connectivity index (χ1n) is 18.0. The third kappa shape index (κ3) is 4.17. The van der Waals surface area contributed by atoms with E-state index in [4.69, 9.17) is 9.90 Å². The quantitative estimate of drug-likeness (QED) is 0.189. The molecule has 1 aromatic heterocycles. The second kappa shape index (κ2) is 10.4. The zero-order valence-corrected chi connectivity index (χ0v) is 24.1. The fraction of sp³-hybridized carbons (Fsp3) is 0. The summed E-state index contributed by atoms with van der Waals surface area (Å²) in [4.78, 5) is 0. The largest absolute Gasteiger partial charge is 0.456 e. The van der Waals surface area contributed by atoms with Crippen molar-refractivity contribution in [3.05, 3.63) is 170 Å². The lowest BCUT2D eigenvalue weighted by Gasteiger charge is -2.18. The van der Waals surface area contributed by atoms with Gasteiger partial charge in [-0.3, -0.25) is 0 Å². The van der Waals surface area contributed by atoms with E-state index in [1.165, 1.54) is 0 Å². The lowest BCUT2D eigenvalue weighted by molar-refractivity contribution is 0.669. The molecule has 9 aromatic rings. The van der Waals surface area contributed by atoms with Crippen molar-refractivity contribution in [2.24, 2.45) is 0 Å². The van der Waals surface area contributed by atoms with Gasteiger partial charge in [-0.2, -0.15) is 0 Å².